The van der Waals surface area contributed by atoms with E-state index in [1.54, 1.807) is 0 Å². The Bertz CT molecular complexity index is 4990. The van der Waals surface area contributed by atoms with E-state index < -0.39 is 0 Å². The van der Waals surface area contributed by atoms with Gasteiger partial charge < -0.3 is 30.4 Å². The van der Waals surface area contributed by atoms with Crippen molar-refractivity contribution in [2.45, 2.75) is 150 Å². The summed E-state index contributed by atoms with van der Waals surface area (Å²) in [5, 5.41) is 40.7. The fourth-order valence-corrected chi connectivity index (χ4v) is 11.5. The van der Waals surface area contributed by atoms with Crippen molar-refractivity contribution in [3.8, 4) is 45.0 Å². The predicted molar refractivity (Wildman–Crippen MR) is 443 cm³/mol. The van der Waals surface area contributed by atoms with Crippen molar-refractivity contribution in [3.63, 3.8) is 0 Å². The van der Waals surface area contributed by atoms with Crippen LogP contribution in [0.1, 0.15) is 140 Å². The third-order valence-corrected chi connectivity index (χ3v) is 15.5. The van der Waals surface area contributed by atoms with Crippen LogP contribution in [0.4, 0.5) is 0 Å². The van der Waals surface area contributed by atoms with E-state index in [0.717, 1.165) is 79.2 Å². The molecule has 16 heteroatoms. The van der Waals surface area contributed by atoms with Crippen LogP contribution in [0.25, 0.3) is 88.4 Å². The van der Waals surface area contributed by atoms with Crippen LogP contribution < -0.4 is 0 Å². The molecule has 12 nitrogen and oxygen atoms in total. The van der Waals surface area contributed by atoms with E-state index in [0.29, 0.717) is 5.92 Å². The number of hydrogen-bond acceptors (Lipinski definition) is 12. The Balaban J connectivity index is 0.000000659. The summed E-state index contributed by atoms with van der Waals surface area (Å²) < 4.78 is 0. The number of fused-ring (bicyclic) bond motifs is 4. The molecule has 4 aromatic heterocycles. The summed E-state index contributed by atoms with van der Waals surface area (Å²) >= 11 is 0. The number of rotatable bonds is 10. The fourth-order valence-electron chi connectivity index (χ4n) is 11.5. The first-order valence-electron chi connectivity index (χ1n) is 35.5. The minimum atomic E-state index is -0.125. The van der Waals surface area contributed by atoms with Gasteiger partial charge >= 0.3 is 0 Å². The molecule has 4 N–H and O–H groups in total. The number of hydrogen-bond donors (Lipinski definition) is 4. The van der Waals surface area contributed by atoms with Gasteiger partial charge in [-0.1, -0.05) is 180 Å². The largest absolute Gasteiger partial charge is 0.512 e. The van der Waals surface area contributed by atoms with E-state index in [1.165, 1.54) is 145 Å². The first-order chi connectivity index (χ1) is 50.5. The maximum Gasteiger partial charge on any atom is 0.155 e. The zero-order valence-electron chi connectivity index (χ0n) is 67.0. The number of benzene rings is 8. The Labute approximate surface area is 711 Å². The summed E-state index contributed by atoms with van der Waals surface area (Å²) in [5.41, 5.74) is 21.7. The predicted octanol–water partition coefficient (Wildman–Crippen LogP) is 23.6. The second-order valence-corrected chi connectivity index (χ2v) is 28.0. The number of carbonyl (C=O) groups excluding carboxylic acids is 4. The first kappa shape index (κ1) is 99.8. The molecule has 12 aromatic rings. The minimum absolute atomic E-state index is 0. The van der Waals surface area contributed by atoms with Crippen LogP contribution >= 0.6 is 0 Å². The average molecular weight is 2200 g/mol. The van der Waals surface area contributed by atoms with Crippen molar-refractivity contribution < 1.29 is 120 Å². The zero-order valence-corrected chi connectivity index (χ0v) is 76.6. The van der Waals surface area contributed by atoms with Crippen molar-refractivity contribution in [2.75, 3.05) is 0 Å². The molecule has 0 atom stereocenters. The number of carbonyl (C=O) groups is 4. The van der Waals surface area contributed by atoms with E-state index in [9.17, 15) is 19.2 Å². The second-order valence-electron chi connectivity index (χ2n) is 28.0. The molecule has 0 saturated carbocycles. The van der Waals surface area contributed by atoms with Gasteiger partial charge in [0.2, 0.25) is 0 Å². The molecule has 111 heavy (non-hydrogen) atoms. The molecule has 4 radical (unpaired) electrons. The monoisotopic (exact) mass is 2200 g/mol. The summed E-state index contributed by atoms with van der Waals surface area (Å²) in [6, 6.07) is 74.7. The van der Waals surface area contributed by atoms with Crippen molar-refractivity contribution >= 4 is 66.5 Å². The third kappa shape index (κ3) is 35.4. The third-order valence-electron chi connectivity index (χ3n) is 15.5. The standard InChI is InChI=1S/2C21H22N.C17H14N.C16H12N.4C5H8O2.4Ir/c1-14-11-15(2)13-16(12-14)19-10-9-17-18(21(3,4)5)7-6-8-20(17)22-19;1-14(2)10-17-6-5-7-21-19(17)8-9-20(22-21)18-12-15(3)11-16(4)13-18;1-12-9-13(2)11-15(10-12)17-16-6-4-3-5-14(16)7-8-18-17;1-12-6-8-14(9-7-12)16-15-5-3-2-4-13(15)10-11-17-16;4*1-4(6)3-5(2)7;;;;/h6-12H,1-5H3;5-9,11-12,14H,10H2,1-4H3;3-10H,1-2H3;2-8,10-11H,1H3;4*3,6H,1-2H3;;;;/q4*-1;;;;;;;;. The van der Waals surface area contributed by atoms with Crippen molar-refractivity contribution in [1.29, 1.82) is 0 Å². The number of aryl methyl sites for hydroxylation is 7. The van der Waals surface area contributed by atoms with Crippen LogP contribution in [-0.2, 0) is 111 Å². The molecule has 0 spiro atoms. The smallest absolute Gasteiger partial charge is 0.155 e. The Morgan fingerprint density at radius 3 is 1.13 bits per heavy atom. The summed E-state index contributed by atoms with van der Waals surface area (Å²) in [5.74, 6) is 0.401. The molecular formula is C95H102Ir4N4O8-4. The molecule has 0 saturated heterocycles. The van der Waals surface area contributed by atoms with Gasteiger partial charge in [0.1, 0.15) is 0 Å². The molecule has 0 amide bonds. The van der Waals surface area contributed by atoms with Crippen LogP contribution in [-0.4, -0.2) is 63.5 Å². The molecule has 4 heterocycles. The van der Waals surface area contributed by atoms with Crippen LogP contribution in [0, 0.1) is 78.6 Å². The van der Waals surface area contributed by atoms with Gasteiger partial charge in [0.25, 0.3) is 0 Å². The quantitative estimate of drug-likeness (QED) is 0.0574. The Morgan fingerprint density at radius 1 is 0.396 bits per heavy atom. The summed E-state index contributed by atoms with van der Waals surface area (Å²) in [6.07, 6.45) is 9.47. The number of allylic oxidation sites excluding steroid dienone is 8. The minimum Gasteiger partial charge on any atom is -0.512 e. The van der Waals surface area contributed by atoms with E-state index in [4.69, 9.17) is 30.4 Å². The number of aromatic nitrogens is 4. The second kappa shape index (κ2) is 49.3. The number of nitrogens with zero attached hydrogens (tertiary/aromatic N) is 4. The van der Waals surface area contributed by atoms with Crippen LogP contribution in [0.5, 0.6) is 0 Å². The van der Waals surface area contributed by atoms with Crippen molar-refractivity contribution in [3.05, 3.63) is 310 Å². The van der Waals surface area contributed by atoms with Gasteiger partial charge in [-0.25, -0.2) is 0 Å². The summed E-state index contributed by atoms with van der Waals surface area (Å²) in [6.45, 7) is 37.3. The Kier molecular flexibility index (Phi) is 44.3. The van der Waals surface area contributed by atoms with E-state index in [-0.39, 0.29) is 132 Å². The zero-order chi connectivity index (χ0) is 79.2. The van der Waals surface area contributed by atoms with E-state index in [2.05, 4.69) is 263 Å². The van der Waals surface area contributed by atoms with Crippen LogP contribution in [0.15, 0.2) is 236 Å². The molecule has 0 aliphatic carbocycles. The number of aliphatic hydroxyl groups is 4. The molecule has 0 fully saturated rings. The van der Waals surface area contributed by atoms with Crippen LogP contribution in [0.3, 0.4) is 0 Å². The summed E-state index contributed by atoms with van der Waals surface area (Å²) in [4.78, 5) is 58.8. The van der Waals surface area contributed by atoms with Gasteiger partial charge in [0.05, 0.1) is 34.1 Å². The van der Waals surface area contributed by atoms with Gasteiger partial charge in [0, 0.05) is 128 Å². The normalized spacial score (nSPS) is 10.9. The van der Waals surface area contributed by atoms with E-state index >= 15 is 0 Å². The fraction of sp³-hybridized carbons (Fsp3) is 0.242. The van der Waals surface area contributed by atoms with Gasteiger partial charge in [-0.2, -0.15) is 0 Å². The molecule has 0 aliphatic heterocycles. The molecule has 8 aromatic carbocycles. The maximum absolute atomic E-state index is 10.0. The SMILES string of the molecule is CC(=O)C=C(C)O.CC(=O)C=C(C)O.CC(=O)C=C(C)O.CC(=O)C=C(C)O.Cc1[c-]c(-c2ccc3c(C(C)(C)C)cccc3n2)cc(C)c1.Cc1[c-]c(-c2ccc3c(CC(C)C)cccc3n2)cc(C)c1.Cc1[c-]c(-c2nccc3ccccc23)cc(C)c1.Cc1c[c-]c(-c2nccc3ccccc23)cc1.[Ir].[Ir].[Ir].[Ir]. The molecule has 590 valence electrons. The van der Waals surface area contributed by atoms with Crippen molar-refractivity contribution in [2.24, 2.45) is 5.92 Å². The molecule has 0 unspecified atom stereocenters. The Morgan fingerprint density at radius 2 is 0.766 bits per heavy atom. The maximum atomic E-state index is 10.0. The van der Waals surface area contributed by atoms with Crippen LogP contribution in [0.2, 0.25) is 0 Å². The molecule has 0 aliphatic rings. The summed E-state index contributed by atoms with van der Waals surface area (Å²) in [7, 11) is 0. The van der Waals surface area contributed by atoms with Gasteiger partial charge in [0.15, 0.2) is 23.1 Å². The molecular weight excluding hydrogens is 2090 g/mol. The number of pyridine rings is 4. The molecule has 12 rings (SSSR count). The van der Waals surface area contributed by atoms with E-state index in [1.807, 2.05) is 42.7 Å². The van der Waals surface area contributed by atoms with Gasteiger partial charge in [-0.05, 0) is 153 Å². The Hall–Kier alpha value is -9.16. The number of aliphatic hydroxyl groups excluding tert-OH is 4. The average Bonchev–Trinajstić information content (AvgIpc) is 0.803. The van der Waals surface area contributed by atoms with Crippen molar-refractivity contribution in [1.82, 2.24) is 19.9 Å². The first-order valence-corrected chi connectivity index (χ1v) is 35.5. The van der Waals surface area contributed by atoms with Gasteiger partial charge in [-0.15, -0.1) is 140 Å². The topological polar surface area (TPSA) is 201 Å². The molecule has 0 bridgehead atoms. The van der Waals surface area contributed by atoms with Gasteiger partial charge in [-0.3, -0.25) is 29.1 Å². The number of ketones is 4.